The van der Waals surface area contributed by atoms with Gasteiger partial charge in [0, 0.05) is 0 Å². The topological polar surface area (TPSA) is 49.8 Å². The zero-order valence-corrected chi connectivity index (χ0v) is 12.0. The first-order valence-corrected chi connectivity index (χ1v) is 6.67. The number of hydrogen-bond acceptors (Lipinski definition) is 3. The molecule has 0 unspecified atom stereocenters. The molecule has 0 radical (unpaired) electrons. The summed E-state index contributed by atoms with van der Waals surface area (Å²) in [5.41, 5.74) is 1.09. The summed E-state index contributed by atoms with van der Waals surface area (Å²) in [4.78, 5) is 13.0. The number of carbonyl (C=O) groups is 1. The Morgan fingerprint density at radius 1 is 1.45 bits per heavy atom. The van der Waals surface area contributed by atoms with E-state index in [-0.39, 0.29) is 24.4 Å². The highest BCUT2D eigenvalue weighted by molar-refractivity contribution is 5.89. The van der Waals surface area contributed by atoms with E-state index in [4.69, 9.17) is 9.84 Å². The lowest BCUT2D eigenvalue weighted by molar-refractivity contribution is 0.0963. The Balaban J connectivity index is 2.19. The molecule has 2 rings (SSSR count). The van der Waals surface area contributed by atoms with Gasteiger partial charge >= 0.3 is 6.09 Å². The fourth-order valence-electron chi connectivity index (χ4n) is 2.25. The van der Waals surface area contributed by atoms with Crippen molar-refractivity contribution in [3.05, 3.63) is 29.6 Å². The standard InChI is InChI=1S/C15H20FNO3/c1-15(2,3)7-10-4-5-11(6-13(10)16)17-8-12(9-18)20-14(17)19/h4-6,12,18H,7-9H2,1-3H3/t12-/m1/s1. The molecule has 1 N–H and O–H groups in total. The minimum absolute atomic E-state index is 0.00306. The number of hydrogen-bond donors (Lipinski definition) is 1. The largest absolute Gasteiger partial charge is 0.441 e. The Hall–Kier alpha value is -1.62. The smallest absolute Gasteiger partial charge is 0.414 e. The van der Waals surface area contributed by atoms with E-state index in [2.05, 4.69) is 0 Å². The summed E-state index contributed by atoms with van der Waals surface area (Å²) in [6.07, 6.45) is -0.463. The van der Waals surface area contributed by atoms with E-state index < -0.39 is 12.2 Å². The normalized spacial score (nSPS) is 19.4. The summed E-state index contributed by atoms with van der Waals surface area (Å²) in [5, 5.41) is 9.00. The maximum atomic E-state index is 14.1. The molecule has 0 bridgehead atoms. The quantitative estimate of drug-likeness (QED) is 0.926. The van der Waals surface area contributed by atoms with Crippen LogP contribution in [0.2, 0.25) is 0 Å². The summed E-state index contributed by atoms with van der Waals surface area (Å²) >= 11 is 0. The van der Waals surface area contributed by atoms with Crippen LogP contribution in [0.4, 0.5) is 14.9 Å². The van der Waals surface area contributed by atoms with E-state index in [1.807, 2.05) is 20.8 Å². The molecule has 20 heavy (non-hydrogen) atoms. The maximum absolute atomic E-state index is 14.1. The minimum Gasteiger partial charge on any atom is -0.441 e. The molecule has 1 fully saturated rings. The van der Waals surface area contributed by atoms with Gasteiger partial charge in [-0.3, -0.25) is 4.90 Å². The number of nitrogens with zero attached hydrogens (tertiary/aromatic N) is 1. The molecule has 5 heteroatoms. The average Bonchev–Trinajstić information content (AvgIpc) is 2.72. The van der Waals surface area contributed by atoms with Gasteiger partial charge in [0.2, 0.25) is 0 Å². The number of cyclic esters (lactones) is 1. The molecular weight excluding hydrogens is 261 g/mol. The number of anilines is 1. The Bertz CT molecular complexity index is 510. The Kier molecular flexibility index (Phi) is 3.99. The number of halogens is 1. The van der Waals surface area contributed by atoms with Crippen molar-refractivity contribution in [2.45, 2.75) is 33.3 Å². The lowest BCUT2D eigenvalue weighted by atomic mass is 9.88. The molecule has 110 valence electrons. The van der Waals surface area contributed by atoms with Crippen molar-refractivity contribution in [3.63, 3.8) is 0 Å². The molecule has 1 amide bonds. The summed E-state index contributed by atoms with van der Waals surface area (Å²) in [6, 6.07) is 4.77. The van der Waals surface area contributed by atoms with Gasteiger partial charge in [-0.15, -0.1) is 0 Å². The third-order valence-electron chi connectivity index (χ3n) is 3.15. The number of carbonyl (C=O) groups excluding carboxylic acids is 1. The molecule has 0 aliphatic carbocycles. The zero-order chi connectivity index (χ0) is 14.9. The second-order valence-corrected chi connectivity index (χ2v) is 6.31. The van der Waals surface area contributed by atoms with Crippen molar-refractivity contribution >= 4 is 11.8 Å². The fraction of sp³-hybridized carbons (Fsp3) is 0.533. The second-order valence-electron chi connectivity index (χ2n) is 6.31. The van der Waals surface area contributed by atoms with Gasteiger partial charge in [0.1, 0.15) is 11.9 Å². The zero-order valence-electron chi connectivity index (χ0n) is 12.0. The molecule has 0 aromatic heterocycles. The van der Waals surface area contributed by atoms with Crippen LogP contribution in [0.5, 0.6) is 0 Å². The second kappa shape index (κ2) is 5.40. The average molecular weight is 281 g/mol. The first kappa shape index (κ1) is 14.8. The summed E-state index contributed by atoms with van der Waals surface area (Å²) < 4.78 is 19.1. The first-order chi connectivity index (χ1) is 9.30. The van der Waals surface area contributed by atoms with Gasteiger partial charge in [-0.05, 0) is 29.5 Å². The Labute approximate surface area is 118 Å². The predicted octanol–water partition coefficient (Wildman–Crippen LogP) is 2.73. The van der Waals surface area contributed by atoms with Crippen LogP contribution in [0.1, 0.15) is 26.3 Å². The Morgan fingerprint density at radius 2 is 2.15 bits per heavy atom. The van der Waals surface area contributed by atoms with Gasteiger partial charge in [0.25, 0.3) is 0 Å². The van der Waals surface area contributed by atoms with E-state index in [9.17, 15) is 9.18 Å². The summed E-state index contributed by atoms with van der Waals surface area (Å²) in [6.45, 7) is 6.15. The molecule has 1 aromatic rings. The summed E-state index contributed by atoms with van der Waals surface area (Å²) in [5.74, 6) is -0.322. The van der Waals surface area contributed by atoms with Crippen LogP contribution in [0.25, 0.3) is 0 Å². The van der Waals surface area contributed by atoms with Crippen molar-refractivity contribution in [1.29, 1.82) is 0 Å². The van der Waals surface area contributed by atoms with Crippen LogP contribution in [-0.4, -0.2) is 30.5 Å². The van der Waals surface area contributed by atoms with E-state index in [1.54, 1.807) is 12.1 Å². The highest BCUT2D eigenvalue weighted by atomic mass is 19.1. The SMILES string of the molecule is CC(C)(C)Cc1ccc(N2C[C@H](CO)OC2=O)cc1F. The van der Waals surface area contributed by atoms with Gasteiger partial charge in [0.15, 0.2) is 0 Å². The van der Waals surface area contributed by atoms with Crippen LogP contribution in [0, 0.1) is 11.2 Å². The first-order valence-electron chi connectivity index (χ1n) is 6.67. The van der Waals surface area contributed by atoms with Crippen LogP contribution in [0.15, 0.2) is 18.2 Å². The van der Waals surface area contributed by atoms with Crippen molar-refractivity contribution in [2.75, 3.05) is 18.1 Å². The van der Waals surface area contributed by atoms with Gasteiger partial charge in [-0.25, -0.2) is 9.18 Å². The Morgan fingerprint density at radius 3 is 2.65 bits per heavy atom. The monoisotopic (exact) mass is 281 g/mol. The maximum Gasteiger partial charge on any atom is 0.414 e. The van der Waals surface area contributed by atoms with Crippen molar-refractivity contribution in [2.24, 2.45) is 5.41 Å². The molecule has 1 heterocycles. The van der Waals surface area contributed by atoms with Crippen molar-refractivity contribution in [1.82, 2.24) is 0 Å². The molecule has 0 spiro atoms. The molecule has 4 nitrogen and oxygen atoms in total. The highest BCUT2D eigenvalue weighted by Gasteiger charge is 2.32. The molecule has 1 aromatic carbocycles. The number of ether oxygens (including phenoxy) is 1. The minimum atomic E-state index is -0.549. The third kappa shape index (κ3) is 3.28. The number of benzene rings is 1. The number of amides is 1. The highest BCUT2D eigenvalue weighted by Crippen LogP contribution is 2.27. The van der Waals surface area contributed by atoms with Gasteiger partial charge in [-0.1, -0.05) is 26.8 Å². The fourth-order valence-corrected chi connectivity index (χ4v) is 2.25. The molecule has 1 saturated heterocycles. The van der Waals surface area contributed by atoms with Gasteiger partial charge < -0.3 is 9.84 Å². The van der Waals surface area contributed by atoms with Crippen molar-refractivity contribution in [3.8, 4) is 0 Å². The van der Waals surface area contributed by atoms with Gasteiger partial charge in [0.05, 0.1) is 18.8 Å². The molecule has 1 aliphatic rings. The number of rotatable bonds is 3. The van der Waals surface area contributed by atoms with E-state index >= 15 is 0 Å². The van der Waals surface area contributed by atoms with E-state index in [0.29, 0.717) is 17.7 Å². The molecule has 1 aliphatic heterocycles. The van der Waals surface area contributed by atoms with Crippen LogP contribution >= 0.6 is 0 Å². The van der Waals surface area contributed by atoms with E-state index in [0.717, 1.165) is 0 Å². The predicted molar refractivity (Wildman–Crippen MR) is 74.3 cm³/mol. The molecule has 0 saturated carbocycles. The third-order valence-corrected chi connectivity index (χ3v) is 3.15. The lowest BCUT2D eigenvalue weighted by Gasteiger charge is -2.20. The number of aliphatic hydroxyl groups is 1. The van der Waals surface area contributed by atoms with Crippen LogP contribution in [0.3, 0.4) is 0 Å². The molecular formula is C15H20FNO3. The lowest BCUT2D eigenvalue weighted by Crippen LogP contribution is -2.25. The van der Waals surface area contributed by atoms with Crippen LogP contribution < -0.4 is 4.90 Å². The summed E-state index contributed by atoms with van der Waals surface area (Å²) in [7, 11) is 0. The van der Waals surface area contributed by atoms with Crippen LogP contribution in [-0.2, 0) is 11.2 Å². The van der Waals surface area contributed by atoms with Crippen molar-refractivity contribution < 1.29 is 19.0 Å². The van der Waals surface area contributed by atoms with E-state index in [1.165, 1.54) is 11.0 Å². The van der Waals surface area contributed by atoms with Gasteiger partial charge in [-0.2, -0.15) is 0 Å². The number of aliphatic hydroxyl groups excluding tert-OH is 1. The molecule has 1 atom stereocenters.